The van der Waals surface area contributed by atoms with E-state index in [4.69, 9.17) is 9.26 Å². The van der Waals surface area contributed by atoms with Crippen LogP contribution in [0.1, 0.15) is 19.7 Å². The van der Waals surface area contributed by atoms with Gasteiger partial charge in [-0.05, 0) is 32.9 Å². The number of hydrogen-bond donors (Lipinski definition) is 1. The Morgan fingerprint density at radius 1 is 1.39 bits per heavy atom. The second-order valence-corrected chi connectivity index (χ2v) is 6.33. The fraction of sp³-hybridized carbons (Fsp3) is 0.562. The molecule has 7 nitrogen and oxygen atoms in total. The smallest absolute Gasteiger partial charge is 0.261 e. The lowest BCUT2D eigenvalue weighted by molar-refractivity contribution is -0.0487. The third-order valence-electron chi connectivity index (χ3n) is 4.06. The van der Waals surface area contributed by atoms with E-state index in [1.807, 2.05) is 12.1 Å². The van der Waals surface area contributed by atoms with Crippen molar-refractivity contribution in [3.63, 3.8) is 0 Å². The Morgan fingerprint density at radius 3 is 3.00 bits per heavy atom. The van der Waals surface area contributed by atoms with E-state index < -0.39 is 0 Å². The molecule has 0 amide bonds. The predicted molar refractivity (Wildman–Crippen MR) is 87.2 cm³/mol. The molecule has 0 saturated carbocycles. The van der Waals surface area contributed by atoms with Crippen LogP contribution < -0.4 is 5.32 Å². The van der Waals surface area contributed by atoms with Gasteiger partial charge < -0.3 is 14.6 Å². The average molecular weight is 317 g/mol. The van der Waals surface area contributed by atoms with Crippen LogP contribution in [0.15, 0.2) is 22.9 Å². The van der Waals surface area contributed by atoms with Crippen molar-refractivity contribution < 1.29 is 9.26 Å². The van der Waals surface area contributed by atoms with Crippen LogP contribution >= 0.6 is 0 Å². The average Bonchev–Trinajstić information content (AvgIpc) is 2.96. The van der Waals surface area contributed by atoms with E-state index in [0.717, 1.165) is 44.2 Å². The first-order valence-electron chi connectivity index (χ1n) is 7.89. The number of aryl methyl sites for hydroxylation is 1. The van der Waals surface area contributed by atoms with Crippen molar-refractivity contribution in [1.29, 1.82) is 0 Å². The monoisotopic (exact) mass is 317 g/mol. The fourth-order valence-corrected chi connectivity index (χ4v) is 2.74. The molecule has 1 fully saturated rings. The summed E-state index contributed by atoms with van der Waals surface area (Å²) in [6, 6.07) is 3.80. The molecule has 3 rings (SSSR count). The maximum Gasteiger partial charge on any atom is 0.261 e. The van der Waals surface area contributed by atoms with Crippen LogP contribution in [0.25, 0.3) is 11.5 Å². The first-order chi connectivity index (χ1) is 11.1. The molecule has 0 aromatic carbocycles. The van der Waals surface area contributed by atoms with Gasteiger partial charge in [0.2, 0.25) is 0 Å². The van der Waals surface area contributed by atoms with Crippen LogP contribution in [0.4, 0.5) is 5.82 Å². The van der Waals surface area contributed by atoms with Crippen molar-refractivity contribution in [2.75, 3.05) is 38.2 Å². The van der Waals surface area contributed by atoms with E-state index in [1.54, 1.807) is 13.1 Å². The molecule has 2 aromatic rings. The minimum atomic E-state index is 0.0659. The number of morpholine rings is 1. The molecule has 2 aromatic heterocycles. The highest BCUT2D eigenvalue weighted by molar-refractivity contribution is 5.68. The molecule has 0 unspecified atom stereocenters. The molecule has 0 aliphatic carbocycles. The topological polar surface area (TPSA) is 76.3 Å². The lowest BCUT2D eigenvalue weighted by Gasteiger charge is -2.42. The summed E-state index contributed by atoms with van der Waals surface area (Å²) in [4.78, 5) is 11.1. The number of anilines is 1. The quantitative estimate of drug-likeness (QED) is 0.903. The van der Waals surface area contributed by atoms with Gasteiger partial charge in [0.05, 0.1) is 18.8 Å². The Labute approximate surface area is 136 Å². The number of aromatic nitrogens is 3. The van der Waals surface area contributed by atoms with Gasteiger partial charge in [0, 0.05) is 31.4 Å². The molecule has 0 spiro atoms. The van der Waals surface area contributed by atoms with Gasteiger partial charge in [-0.3, -0.25) is 4.90 Å². The minimum absolute atomic E-state index is 0.0659. The first kappa shape index (κ1) is 15.9. The maximum absolute atomic E-state index is 5.56. The fourth-order valence-electron chi connectivity index (χ4n) is 2.74. The Hall–Kier alpha value is -1.99. The number of ether oxygens (including phenoxy) is 1. The van der Waals surface area contributed by atoms with E-state index >= 15 is 0 Å². The molecule has 0 radical (unpaired) electrons. The molecular weight excluding hydrogens is 294 g/mol. The van der Waals surface area contributed by atoms with Crippen molar-refractivity contribution in [2.24, 2.45) is 0 Å². The highest BCUT2D eigenvalue weighted by atomic mass is 16.5. The van der Waals surface area contributed by atoms with Gasteiger partial charge >= 0.3 is 0 Å². The summed E-state index contributed by atoms with van der Waals surface area (Å²) in [5.74, 6) is 1.87. The van der Waals surface area contributed by atoms with Crippen molar-refractivity contribution in [3.05, 3.63) is 24.2 Å². The number of rotatable bonds is 5. The zero-order valence-electron chi connectivity index (χ0n) is 13.9. The summed E-state index contributed by atoms with van der Waals surface area (Å²) in [5.41, 5.74) is 0.894. The zero-order chi connectivity index (χ0) is 16.3. The molecule has 1 N–H and O–H groups in total. The van der Waals surface area contributed by atoms with E-state index in [-0.39, 0.29) is 5.54 Å². The van der Waals surface area contributed by atoms with Crippen LogP contribution in [0.2, 0.25) is 0 Å². The number of nitrogens with zero attached hydrogens (tertiary/aromatic N) is 4. The number of pyridine rings is 1. The Morgan fingerprint density at radius 2 is 2.26 bits per heavy atom. The molecule has 0 atom stereocenters. The Bertz CT molecular complexity index is 655. The molecule has 23 heavy (non-hydrogen) atoms. The van der Waals surface area contributed by atoms with Gasteiger partial charge in [-0.2, -0.15) is 4.98 Å². The number of nitrogens with one attached hydrogen (secondary N) is 1. The standard InChI is InChI=1S/C16H23N5O2/c1-12-19-15(23-20-12)13-5-4-6-17-14(13)18-7-8-21-9-10-22-11-16(21,2)3/h4-6H,7-11H2,1-3H3,(H,17,18). The van der Waals surface area contributed by atoms with Gasteiger partial charge in [-0.1, -0.05) is 5.16 Å². The normalized spacial score (nSPS) is 18.0. The molecule has 7 heteroatoms. The van der Waals surface area contributed by atoms with E-state index in [2.05, 4.69) is 39.2 Å². The van der Waals surface area contributed by atoms with Crippen molar-refractivity contribution in [1.82, 2.24) is 20.0 Å². The number of hydrogen-bond acceptors (Lipinski definition) is 7. The van der Waals surface area contributed by atoms with Crippen LogP contribution in [0.5, 0.6) is 0 Å². The van der Waals surface area contributed by atoms with Crippen molar-refractivity contribution >= 4 is 5.82 Å². The molecule has 3 heterocycles. The second kappa shape index (κ2) is 6.64. The summed E-state index contributed by atoms with van der Waals surface area (Å²) in [5, 5.41) is 7.23. The maximum atomic E-state index is 5.56. The minimum Gasteiger partial charge on any atom is -0.378 e. The Kier molecular flexibility index (Phi) is 4.58. The van der Waals surface area contributed by atoms with Crippen molar-refractivity contribution in [2.45, 2.75) is 26.3 Å². The molecular formula is C16H23N5O2. The van der Waals surface area contributed by atoms with Gasteiger partial charge in [0.15, 0.2) is 5.82 Å². The van der Waals surface area contributed by atoms with E-state index in [9.17, 15) is 0 Å². The van der Waals surface area contributed by atoms with Gasteiger partial charge in [-0.25, -0.2) is 4.98 Å². The van der Waals surface area contributed by atoms with Crippen LogP contribution in [0, 0.1) is 6.92 Å². The summed E-state index contributed by atoms with van der Waals surface area (Å²) in [7, 11) is 0. The Balaban J connectivity index is 1.65. The third kappa shape index (κ3) is 3.68. The molecule has 1 saturated heterocycles. The van der Waals surface area contributed by atoms with Gasteiger partial charge in [-0.15, -0.1) is 0 Å². The van der Waals surface area contributed by atoms with Crippen LogP contribution in [-0.4, -0.2) is 58.4 Å². The highest BCUT2D eigenvalue weighted by Crippen LogP contribution is 2.24. The zero-order valence-corrected chi connectivity index (χ0v) is 13.9. The highest BCUT2D eigenvalue weighted by Gasteiger charge is 2.29. The largest absolute Gasteiger partial charge is 0.378 e. The molecule has 1 aliphatic heterocycles. The third-order valence-corrected chi connectivity index (χ3v) is 4.06. The summed E-state index contributed by atoms with van der Waals surface area (Å²) in [6.07, 6.45) is 1.76. The van der Waals surface area contributed by atoms with Crippen LogP contribution in [0.3, 0.4) is 0 Å². The second-order valence-electron chi connectivity index (χ2n) is 6.33. The summed E-state index contributed by atoms with van der Waals surface area (Å²) in [6.45, 7) is 10.4. The summed E-state index contributed by atoms with van der Waals surface area (Å²) >= 11 is 0. The van der Waals surface area contributed by atoms with E-state index in [0.29, 0.717) is 11.7 Å². The summed E-state index contributed by atoms with van der Waals surface area (Å²) < 4.78 is 10.8. The van der Waals surface area contributed by atoms with Gasteiger partial charge in [0.1, 0.15) is 5.82 Å². The molecule has 1 aliphatic rings. The lowest BCUT2D eigenvalue weighted by Crippen LogP contribution is -2.54. The SMILES string of the molecule is Cc1noc(-c2cccnc2NCCN2CCOCC2(C)C)n1. The lowest BCUT2D eigenvalue weighted by atomic mass is 10.0. The van der Waals surface area contributed by atoms with Crippen molar-refractivity contribution in [3.8, 4) is 11.5 Å². The predicted octanol–water partition coefficient (Wildman–Crippen LogP) is 1.96. The molecule has 0 bridgehead atoms. The molecule has 124 valence electrons. The first-order valence-corrected chi connectivity index (χ1v) is 7.89. The van der Waals surface area contributed by atoms with Crippen LogP contribution in [-0.2, 0) is 4.74 Å². The van der Waals surface area contributed by atoms with Gasteiger partial charge in [0.25, 0.3) is 5.89 Å². The van der Waals surface area contributed by atoms with E-state index in [1.165, 1.54) is 0 Å².